The van der Waals surface area contributed by atoms with Crippen molar-refractivity contribution in [3.8, 4) is 5.75 Å². The van der Waals surface area contributed by atoms with E-state index in [0.29, 0.717) is 0 Å². The molecule has 0 fully saturated rings. The van der Waals surface area contributed by atoms with Crippen LogP contribution in [0.5, 0.6) is 5.75 Å². The van der Waals surface area contributed by atoms with Crippen LogP contribution < -0.4 is 10.1 Å². The molecule has 0 bridgehead atoms. The van der Waals surface area contributed by atoms with Crippen LogP contribution in [0.1, 0.15) is 37.3 Å². The van der Waals surface area contributed by atoms with E-state index in [2.05, 4.69) is 44.3 Å². The Morgan fingerprint density at radius 1 is 1.12 bits per heavy atom. The molecule has 0 atom stereocenters. The van der Waals surface area contributed by atoms with Gasteiger partial charge in [-0.05, 0) is 63.4 Å². The van der Waals surface area contributed by atoms with Crippen molar-refractivity contribution in [2.24, 2.45) is 0 Å². The van der Waals surface area contributed by atoms with Crippen molar-refractivity contribution in [3.63, 3.8) is 0 Å². The molecule has 0 aliphatic carbocycles. The molecule has 0 saturated heterocycles. The molecule has 1 rings (SSSR count). The van der Waals surface area contributed by atoms with Gasteiger partial charge in [0.2, 0.25) is 0 Å². The van der Waals surface area contributed by atoms with Crippen molar-refractivity contribution >= 4 is 0 Å². The number of ether oxygens (including phenoxy) is 1. The minimum Gasteiger partial charge on any atom is -0.493 e. The van der Waals surface area contributed by atoms with Crippen molar-refractivity contribution < 1.29 is 4.74 Å². The molecule has 1 aromatic rings. The molecule has 17 heavy (non-hydrogen) atoms. The predicted octanol–water partition coefficient (Wildman–Crippen LogP) is 3.46. The minimum absolute atomic E-state index is 0.830. The minimum atomic E-state index is 0.830. The Morgan fingerprint density at radius 2 is 1.94 bits per heavy atom. The first-order valence-corrected chi connectivity index (χ1v) is 6.65. The molecule has 0 heterocycles. The molecule has 0 spiro atoms. The molecular weight excluding hydrogens is 210 g/mol. The van der Waals surface area contributed by atoms with Gasteiger partial charge in [0.25, 0.3) is 0 Å². The first-order chi connectivity index (χ1) is 8.24. The van der Waals surface area contributed by atoms with Gasteiger partial charge >= 0.3 is 0 Å². The predicted molar refractivity (Wildman–Crippen MR) is 73.8 cm³/mol. The standard InChI is InChI=1S/C15H25NO/c1-4-16-10-6-5-7-11-17-15-12-13(2)8-9-14(15)3/h8-9,12,16H,4-7,10-11H2,1-3H3. The highest BCUT2D eigenvalue weighted by Crippen LogP contribution is 2.19. The van der Waals surface area contributed by atoms with Gasteiger partial charge in [-0.15, -0.1) is 0 Å². The number of hydrogen-bond donors (Lipinski definition) is 1. The van der Waals surface area contributed by atoms with Crippen LogP contribution in [0, 0.1) is 13.8 Å². The Bertz CT molecular complexity index is 323. The number of hydrogen-bond acceptors (Lipinski definition) is 2. The molecule has 1 N–H and O–H groups in total. The van der Waals surface area contributed by atoms with Crippen LogP contribution in [0.4, 0.5) is 0 Å². The van der Waals surface area contributed by atoms with E-state index in [4.69, 9.17) is 4.74 Å². The molecule has 2 heteroatoms. The van der Waals surface area contributed by atoms with Crippen molar-refractivity contribution in [3.05, 3.63) is 29.3 Å². The first-order valence-electron chi connectivity index (χ1n) is 6.65. The largest absolute Gasteiger partial charge is 0.493 e. The fourth-order valence-electron chi connectivity index (χ4n) is 1.75. The molecule has 0 aromatic heterocycles. The third-order valence-corrected chi connectivity index (χ3v) is 2.85. The smallest absolute Gasteiger partial charge is 0.122 e. The van der Waals surface area contributed by atoms with Crippen molar-refractivity contribution in [1.82, 2.24) is 5.32 Å². The van der Waals surface area contributed by atoms with E-state index in [0.717, 1.165) is 31.9 Å². The van der Waals surface area contributed by atoms with Crippen LogP contribution in [0.3, 0.4) is 0 Å². The Kier molecular flexibility index (Phi) is 6.71. The van der Waals surface area contributed by atoms with E-state index in [1.54, 1.807) is 0 Å². The summed E-state index contributed by atoms with van der Waals surface area (Å²) in [5, 5.41) is 3.33. The molecule has 0 aliphatic rings. The number of unbranched alkanes of at least 4 members (excludes halogenated alkanes) is 2. The van der Waals surface area contributed by atoms with Gasteiger partial charge in [-0.3, -0.25) is 0 Å². The molecule has 0 radical (unpaired) electrons. The monoisotopic (exact) mass is 235 g/mol. The molecule has 0 aliphatic heterocycles. The number of nitrogens with one attached hydrogen (secondary N) is 1. The molecule has 0 saturated carbocycles. The van der Waals surface area contributed by atoms with Crippen LogP contribution in [0.25, 0.3) is 0 Å². The molecule has 1 aromatic carbocycles. The van der Waals surface area contributed by atoms with Crippen LogP contribution in [-0.4, -0.2) is 19.7 Å². The number of benzene rings is 1. The highest BCUT2D eigenvalue weighted by atomic mass is 16.5. The van der Waals surface area contributed by atoms with Crippen molar-refractivity contribution in [2.45, 2.75) is 40.0 Å². The number of aryl methyl sites for hydroxylation is 2. The van der Waals surface area contributed by atoms with Gasteiger partial charge in [0.15, 0.2) is 0 Å². The summed E-state index contributed by atoms with van der Waals surface area (Å²) in [6.07, 6.45) is 3.61. The summed E-state index contributed by atoms with van der Waals surface area (Å²) in [5.41, 5.74) is 2.49. The van der Waals surface area contributed by atoms with Crippen LogP contribution in [-0.2, 0) is 0 Å². The van der Waals surface area contributed by atoms with Gasteiger partial charge in [0, 0.05) is 0 Å². The summed E-state index contributed by atoms with van der Waals surface area (Å²) in [7, 11) is 0. The summed E-state index contributed by atoms with van der Waals surface area (Å²) >= 11 is 0. The Hall–Kier alpha value is -1.02. The Balaban J connectivity index is 2.15. The molecule has 96 valence electrons. The first kappa shape index (κ1) is 14.0. The van der Waals surface area contributed by atoms with Crippen LogP contribution >= 0.6 is 0 Å². The maximum absolute atomic E-state index is 5.80. The van der Waals surface area contributed by atoms with E-state index in [1.807, 2.05) is 0 Å². The normalized spacial score (nSPS) is 10.5. The van der Waals surface area contributed by atoms with Gasteiger partial charge in [-0.1, -0.05) is 19.1 Å². The van der Waals surface area contributed by atoms with Gasteiger partial charge in [-0.2, -0.15) is 0 Å². The summed E-state index contributed by atoms with van der Waals surface area (Å²) in [4.78, 5) is 0. The lowest BCUT2D eigenvalue weighted by Gasteiger charge is -2.09. The maximum Gasteiger partial charge on any atom is 0.122 e. The second-order valence-electron chi connectivity index (χ2n) is 4.53. The van der Waals surface area contributed by atoms with E-state index in [1.165, 1.54) is 24.0 Å². The molecule has 0 amide bonds. The Labute approximate surface area is 105 Å². The Morgan fingerprint density at radius 3 is 2.71 bits per heavy atom. The summed E-state index contributed by atoms with van der Waals surface area (Å²) in [5.74, 6) is 1.04. The molecular formula is C15H25NO. The average molecular weight is 235 g/mol. The average Bonchev–Trinajstić information content (AvgIpc) is 2.32. The fourth-order valence-corrected chi connectivity index (χ4v) is 1.75. The summed E-state index contributed by atoms with van der Waals surface area (Å²) in [6, 6.07) is 6.36. The lowest BCUT2D eigenvalue weighted by atomic mass is 10.1. The van der Waals surface area contributed by atoms with E-state index < -0.39 is 0 Å². The maximum atomic E-state index is 5.80. The second-order valence-corrected chi connectivity index (χ2v) is 4.53. The quantitative estimate of drug-likeness (QED) is 0.697. The highest BCUT2D eigenvalue weighted by Gasteiger charge is 1.99. The lowest BCUT2D eigenvalue weighted by molar-refractivity contribution is 0.303. The second kappa shape index (κ2) is 8.13. The van der Waals surface area contributed by atoms with Crippen molar-refractivity contribution in [1.29, 1.82) is 0 Å². The van der Waals surface area contributed by atoms with E-state index in [9.17, 15) is 0 Å². The van der Waals surface area contributed by atoms with E-state index in [-0.39, 0.29) is 0 Å². The number of rotatable bonds is 8. The van der Waals surface area contributed by atoms with Gasteiger partial charge in [-0.25, -0.2) is 0 Å². The lowest BCUT2D eigenvalue weighted by Crippen LogP contribution is -2.14. The summed E-state index contributed by atoms with van der Waals surface area (Å²) < 4.78 is 5.80. The molecule has 2 nitrogen and oxygen atoms in total. The van der Waals surface area contributed by atoms with Crippen molar-refractivity contribution in [2.75, 3.05) is 19.7 Å². The zero-order chi connectivity index (χ0) is 12.5. The summed E-state index contributed by atoms with van der Waals surface area (Å²) in [6.45, 7) is 9.36. The highest BCUT2D eigenvalue weighted by molar-refractivity contribution is 5.35. The van der Waals surface area contributed by atoms with Gasteiger partial charge in [0.1, 0.15) is 5.75 Å². The zero-order valence-electron chi connectivity index (χ0n) is 11.4. The van der Waals surface area contributed by atoms with Crippen LogP contribution in [0.15, 0.2) is 18.2 Å². The van der Waals surface area contributed by atoms with E-state index >= 15 is 0 Å². The molecule has 0 unspecified atom stereocenters. The fraction of sp³-hybridized carbons (Fsp3) is 0.600. The zero-order valence-corrected chi connectivity index (χ0v) is 11.4. The SMILES string of the molecule is CCNCCCCCOc1cc(C)ccc1C. The third-order valence-electron chi connectivity index (χ3n) is 2.85. The van der Waals surface area contributed by atoms with Gasteiger partial charge < -0.3 is 10.1 Å². The van der Waals surface area contributed by atoms with Crippen LogP contribution in [0.2, 0.25) is 0 Å². The van der Waals surface area contributed by atoms with Gasteiger partial charge in [0.05, 0.1) is 6.61 Å². The third kappa shape index (κ3) is 5.73. The topological polar surface area (TPSA) is 21.3 Å².